The van der Waals surface area contributed by atoms with Crippen LogP contribution in [-0.4, -0.2) is 12.1 Å². The van der Waals surface area contributed by atoms with Gasteiger partial charge in [-0.15, -0.1) is 11.3 Å². The molecule has 1 atom stereocenters. The van der Waals surface area contributed by atoms with Crippen LogP contribution in [0.5, 0.6) is 5.75 Å². The lowest BCUT2D eigenvalue weighted by molar-refractivity contribution is 0.416. The molecule has 0 radical (unpaired) electrons. The van der Waals surface area contributed by atoms with E-state index in [-0.39, 0.29) is 6.04 Å². The van der Waals surface area contributed by atoms with Crippen molar-refractivity contribution < 1.29 is 4.74 Å². The maximum atomic E-state index is 5.79. The number of hydrogen-bond donors (Lipinski definition) is 1. The Morgan fingerprint density at radius 1 is 1.38 bits per heavy atom. The van der Waals surface area contributed by atoms with Gasteiger partial charge in [0.05, 0.1) is 18.8 Å². The predicted molar refractivity (Wildman–Crippen MR) is 66.7 cm³/mol. The van der Waals surface area contributed by atoms with Gasteiger partial charge in [0, 0.05) is 10.9 Å². The molecule has 2 aromatic rings. The molecule has 0 spiro atoms. The Hall–Kier alpha value is -1.39. The van der Waals surface area contributed by atoms with Gasteiger partial charge in [-0.2, -0.15) is 0 Å². The molecule has 0 fully saturated rings. The highest BCUT2D eigenvalue weighted by atomic mass is 32.1. The molecule has 2 N–H and O–H groups in total. The van der Waals surface area contributed by atoms with E-state index in [4.69, 9.17) is 10.5 Å². The second-order valence-electron chi connectivity index (χ2n) is 3.56. The Labute approximate surface area is 98.9 Å². The third kappa shape index (κ3) is 2.08. The Morgan fingerprint density at radius 3 is 2.75 bits per heavy atom. The molecular formula is C12H14N2OS. The smallest absolute Gasteiger partial charge is 0.128 e. The van der Waals surface area contributed by atoms with E-state index in [9.17, 15) is 0 Å². The van der Waals surface area contributed by atoms with Gasteiger partial charge in [-0.25, -0.2) is 4.98 Å². The van der Waals surface area contributed by atoms with Gasteiger partial charge in [-0.05, 0) is 19.1 Å². The van der Waals surface area contributed by atoms with Crippen LogP contribution in [0, 0.1) is 0 Å². The Kier molecular flexibility index (Phi) is 3.22. The summed E-state index contributed by atoms with van der Waals surface area (Å²) in [5.41, 5.74) is 7.73. The molecular weight excluding hydrogens is 220 g/mol. The molecule has 1 heterocycles. The van der Waals surface area contributed by atoms with Crippen molar-refractivity contribution in [3.63, 3.8) is 0 Å². The molecule has 16 heavy (non-hydrogen) atoms. The fourth-order valence-electron chi connectivity index (χ4n) is 1.48. The number of benzene rings is 1. The van der Waals surface area contributed by atoms with Crippen molar-refractivity contribution in [1.82, 2.24) is 4.98 Å². The number of para-hydroxylation sites is 1. The van der Waals surface area contributed by atoms with Gasteiger partial charge >= 0.3 is 0 Å². The summed E-state index contributed by atoms with van der Waals surface area (Å²) >= 11 is 1.58. The van der Waals surface area contributed by atoms with Crippen LogP contribution in [0.1, 0.15) is 18.0 Å². The first-order valence-electron chi connectivity index (χ1n) is 5.06. The number of ether oxygens (including phenoxy) is 1. The molecule has 4 heteroatoms. The minimum atomic E-state index is -0.0199. The lowest BCUT2D eigenvalue weighted by atomic mass is 10.1. The number of aromatic nitrogens is 1. The van der Waals surface area contributed by atoms with Gasteiger partial charge in [0.15, 0.2) is 0 Å². The van der Waals surface area contributed by atoms with Crippen molar-refractivity contribution in [1.29, 1.82) is 0 Å². The summed E-state index contributed by atoms with van der Waals surface area (Å²) in [6.07, 6.45) is 0. The number of thiazole rings is 1. The number of methoxy groups -OCH3 is 1. The van der Waals surface area contributed by atoms with Crippen LogP contribution in [0.15, 0.2) is 29.6 Å². The normalized spacial score (nSPS) is 12.4. The van der Waals surface area contributed by atoms with Crippen LogP contribution < -0.4 is 10.5 Å². The van der Waals surface area contributed by atoms with E-state index in [1.807, 2.05) is 36.6 Å². The summed E-state index contributed by atoms with van der Waals surface area (Å²) in [7, 11) is 1.66. The monoisotopic (exact) mass is 234 g/mol. The van der Waals surface area contributed by atoms with Gasteiger partial charge in [0.25, 0.3) is 0 Å². The van der Waals surface area contributed by atoms with E-state index in [2.05, 4.69) is 4.98 Å². The Balaban J connectivity index is 2.42. The van der Waals surface area contributed by atoms with E-state index >= 15 is 0 Å². The predicted octanol–water partition coefficient (Wildman–Crippen LogP) is 2.84. The minimum absolute atomic E-state index is 0.0199. The first kappa shape index (κ1) is 11.1. The zero-order valence-electron chi connectivity index (χ0n) is 9.31. The third-order valence-corrected chi connectivity index (χ3v) is 3.34. The van der Waals surface area contributed by atoms with Crippen molar-refractivity contribution in [3.05, 3.63) is 34.7 Å². The van der Waals surface area contributed by atoms with Crippen molar-refractivity contribution in [3.8, 4) is 17.0 Å². The van der Waals surface area contributed by atoms with E-state index in [0.29, 0.717) is 0 Å². The molecule has 0 amide bonds. The number of rotatable bonds is 3. The van der Waals surface area contributed by atoms with E-state index in [0.717, 1.165) is 22.0 Å². The number of nitrogens with two attached hydrogens (primary N) is 1. The van der Waals surface area contributed by atoms with Gasteiger partial charge in [0.2, 0.25) is 0 Å². The van der Waals surface area contributed by atoms with E-state index in [1.165, 1.54) is 0 Å². The molecule has 0 aliphatic heterocycles. The summed E-state index contributed by atoms with van der Waals surface area (Å²) in [5, 5.41) is 2.96. The molecule has 1 aromatic carbocycles. The lowest BCUT2D eigenvalue weighted by Crippen LogP contribution is -2.03. The first-order chi connectivity index (χ1) is 7.72. The molecule has 0 bridgehead atoms. The summed E-state index contributed by atoms with van der Waals surface area (Å²) in [5.74, 6) is 0.837. The van der Waals surface area contributed by atoms with Crippen LogP contribution in [0.4, 0.5) is 0 Å². The Bertz CT molecular complexity index is 479. The summed E-state index contributed by atoms with van der Waals surface area (Å²) in [6.45, 7) is 1.94. The average molecular weight is 234 g/mol. The maximum Gasteiger partial charge on any atom is 0.128 e. The van der Waals surface area contributed by atoms with Crippen LogP contribution in [0.3, 0.4) is 0 Å². The second kappa shape index (κ2) is 4.63. The molecule has 3 nitrogen and oxygen atoms in total. The van der Waals surface area contributed by atoms with Gasteiger partial charge in [-0.3, -0.25) is 0 Å². The number of hydrogen-bond acceptors (Lipinski definition) is 4. The van der Waals surface area contributed by atoms with Crippen molar-refractivity contribution in [2.45, 2.75) is 13.0 Å². The van der Waals surface area contributed by atoms with Crippen LogP contribution in [0.25, 0.3) is 11.3 Å². The summed E-state index contributed by atoms with van der Waals surface area (Å²) in [4.78, 5) is 4.50. The lowest BCUT2D eigenvalue weighted by Gasteiger charge is -2.05. The zero-order valence-corrected chi connectivity index (χ0v) is 10.1. The van der Waals surface area contributed by atoms with E-state index in [1.54, 1.807) is 18.4 Å². The zero-order chi connectivity index (χ0) is 11.5. The quantitative estimate of drug-likeness (QED) is 0.888. The largest absolute Gasteiger partial charge is 0.496 e. The van der Waals surface area contributed by atoms with Crippen molar-refractivity contribution in [2.24, 2.45) is 5.73 Å². The van der Waals surface area contributed by atoms with Crippen LogP contribution in [0.2, 0.25) is 0 Å². The molecule has 2 rings (SSSR count). The second-order valence-corrected chi connectivity index (χ2v) is 4.45. The van der Waals surface area contributed by atoms with Gasteiger partial charge in [0.1, 0.15) is 10.8 Å². The highest BCUT2D eigenvalue weighted by Gasteiger charge is 2.10. The van der Waals surface area contributed by atoms with Gasteiger partial charge < -0.3 is 10.5 Å². The topological polar surface area (TPSA) is 48.1 Å². The van der Waals surface area contributed by atoms with Gasteiger partial charge in [-0.1, -0.05) is 12.1 Å². The highest BCUT2D eigenvalue weighted by molar-refractivity contribution is 7.10. The van der Waals surface area contributed by atoms with Crippen LogP contribution in [-0.2, 0) is 0 Å². The van der Waals surface area contributed by atoms with E-state index < -0.39 is 0 Å². The van der Waals surface area contributed by atoms with Crippen molar-refractivity contribution >= 4 is 11.3 Å². The summed E-state index contributed by atoms with van der Waals surface area (Å²) in [6, 6.07) is 7.83. The first-order valence-corrected chi connectivity index (χ1v) is 5.94. The standard InChI is InChI=1S/C12H14N2OS/c1-8(13)12-14-10(7-16-12)9-5-3-4-6-11(9)15-2/h3-8H,13H2,1-2H3. The molecule has 0 saturated carbocycles. The SMILES string of the molecule is COc1ccccc1-c1csc(C(C)N)n1. The number of nitrogens with zero attached hydrogens (tertiary/aromatic N) is 1. The molecule has 0 saturated heterocycles. The summed E-state index contributed by atoms with van der Waals surface area (Å²) < 4.78 is 5.30. The average Bonchev–Trinajstić information content (AvgIpc) is 2.78. The van der Waals surface area contributed by atoms with Crippen LogP contribution >= 0.6 is 11.3 Å². The Morgan fingerprint density at radius 2 is 2.12 bits per heavy atom. The fraction of sp³-hybridized carbons (Fsp3) is 0.250. The van der Waals surface area contributed by atoms with Crippen molar-refractivity contribution in [2.75, 3.05) is 7.11 Å². The third-order valence-electron chi connectivity index (χ3n) is 2.29. The molecule has 0 aliphatic carbocycles. The molecule has 0 aliphatic rings. The molecule has 1 unspecified atom stereocenters. The fourth-order valence-corrected chi connectivity index (χ4v) is 2.25. The maximum absolute atomic E-state index is 5.79. The highest BCUT2D eigenvalue weighted by Crippen LogP contribution is 2.31. The minimum Gasteiger partial charge on any atom is -0.496 e. The molecule has 84 valence electrons. The molecule has 1 aromatic heterocycles.